The molecule has 0 aliphatic carbocycles. The van der Waals surface area contributed by atoms with Crippen LogP contribution in [0.3, 0.4) is 0 Å². The first kappa shape index (κ1) is 18.6. The van der Waals surface area contributed by atoms with Crippen LogP contribution >= 0.6 is 15.9 Å². The highest BCUT2D eigenvalue weighted by atomic mass is 79.9. The van der Waals surface area contributed by atoms with E-state index in [1.165, 1.54) is 6.92 Å². The summed E-state index contributed by atoms with van der Waals surface area (Å²) < 4.78 is 5.81. The van der Waals surface area contributed by atoms with Gasteiger partial charge < -0.3 is 15.4 Å². The standard InChI is InChI=1S/C19H17BrN2O3/c1-13(23)22-15-7-5-14(6-8-15)4-3-11-21-19(24)17-12-16(25-2)9-10-18(17)20/h5-10,12H,11H2,1-2H3,(H,21,24)(H,22,23). The molecule has 0 unspecified atom stereocenters. The van der Waals surface area contributed by atoms with Crippen LogP contribution in [0, 0.1) is 11.8 Å². The van der Waals surface area contributed by atoms with E-state index in [1.54, 1.807) is 49.6 Å². The smallest absolute Gasteiger partial charge is 0.253 e. The minimum atomic E-state index is -0.235. The molecule has 2 N–H and O–H groups in total. The zero-order valence-electron chi connectivity index (χ0n) is 13.9. The van der Waals surface area contributed by atoms with E-state index in [9.17, 15) is 9.59 Å². The van der Waals surface area contributed by atoms with Gasteiger partial charge in [-0.05, 0) is 58.4 Å². The van der Waals surface area contributed by atoms with Crippen molar-refractivity contribution in [2.75, 3.05) is 19.0 Å². The Morgan fingerprint density at radius 1 is 1.16 bits per heavy atom. The maximum atomic E-state index is 12.2. The third-order valence-corrected chi connectivity index (χ3v) is 3.88. The number of hydrogen-bond donors (Lipinski definition) is 2. The van der Waals surface area contributed by atoms with E-state index in [1.807, 2.05) is 0 Å². The number of halogens is 1. The summed E-state index contributed by atoms with van der Waals surface area (Å²) in [4.78, 5) is 23.2. The minimum Gasteiger partial charge on any atom is -0.497 e. The van der Waals surface area contributed by atoms with Crippen molar-refractivity contribution in [2.45, 2.75) is 6.92 Å². The molecule has 0 heterocycles. The van der Waals surface area contributed by atoms with Crippen molar-refractivity contribution in [1.29, 1.82) is 0 Å². The molecule has 6 heteroatoms. The van der Waals surface area contributed by atoms with Crippen LogP contribution in [0.15, 0.2) is 46.9 Å². The average molecular weight is 401 g/mol. The Morgan fingerprint density at radius 3 is 2.52 bits per heavy atom. The highest BCUT2D eigenvalue weighted by molar-refractivity contribution is 9.10. The lowest BCUT2D eigenvalue weighted by Crippen LogP contribution is -2.24. The van der Waals surface area contributed by atoms with E-state index in [4.69, 9.17) is 4.74 Å². The lowest BCUT2D eigenvalue weighted by molar-refractivity contribution is -0.114. The molecule has 0 fully saturated rings. The molecular formula is C19H17BrN2O3. The molecule has 128 valence electrons. The number of nitrogens with one attached hydrogen (secondary N) is 2. The fraction of sp³-hybridized carbons (Fsp3) is 0.158. The molecule has 0 saturated heterocycles. The van der Waals surface area contributed by atoms with Crippen LogP contribution in [0.1, 0.15) is 22.8 Å². The topological polar surface area (TPSA) is 67.4 Å². The molecule has 0 atom stereocenters. The van der Waals surface area contributed by atoms with Gasteiger partial charge in [-0.1, -0.05) is 11.8 Å². The second kappa shape index (κ2) is 8.90. The highest BCUT2D eigenvalue weighted by Gasteiger charge is 2.10. The summed E-state index contributed by atoms with van der Waals surface area (Å²) in [7, 11) is 1.55. The number of benzene rings is 2. The summed E-state index contributed by atoms with van der Waals surface area (Å²) in [5, 5.41) is 5.43. The number of rotatable bonds is 4. The number of methoxy groups -OCH3 is 1. The summed E-state index contributed by atoms with van der Waals surface area (Å²) in [6, 6.07) is 12.3. The lowest BCUT2D eigenvalue weighted by atomic mass is 10.2. The van der Waals surface area contributed by atoms with Crippen LogP contribution in [0.25, 0.3) is 0 Å². The average Bonchev–Trinajstić information content (AvgIpc) is 2.60. The number of ether oxygens (including phenoxy) is 1. The molecule has 2 aromatic carbocycles. The monoisotopic (exact) mass is 400 g/mol. The predicted molar refractivity (Wildman–Crippen MR) is 101 cm³/mol. The van der Waals surface area contributed by atoms with Gasteiger partial charge in [0.2, 0.25) is 5.91 Å². The summed E-state index contributed by atoms with van der Waals surface area (Å²) in [5.74, 6) is 6.10. The van der Waals surface area contributed by atoms with E-state index in [0.717, 1.165) is 5.56 Å². The van der Waals surface area contributed by atoms with Gasteiger partial charge in [0.1, 0.15) is 5.75 Å². The van der Waals surface area contributed by atoms with Crippen LogP contribution < -0.4 is 15.4 Å². The van der Waals surface area contributed by atoms with Gasteiger partial charge >= 0.3 is 0 Å². The molecule has 0 aliphatic heterocycles. The Bertz CT molecular complexity index is 836. The number of anilines is 1. The Balaban J connectivity index is 1.94. The molecule has 0 aromatic heterocycles. The molecule has 25 heavy (non-hydrogen) atoms. The van der Waals surface area contributed by atoms with E-state index in [-0.39, 0.29) is 18.4 Å². The maximum Gasteiger partial charge on any atom is 0.253 e. The number of hydrogen-bond acceptors (Lipinski definition) is 3. The largest absolute Gasteiger partial charge is 0.497 e. The van der Waals surface area contributed by atoms with Gasteiger partial charge in [-0.3, -0.25) is 9.59 Å². The van der Waals surface area contributed by atoms with Gasteiger partial charge in [0, 0.05) is 22.6 Å². The zero-order chi connectivity index (χ0) is 18.2. The van der Waals surface area contributed by atoms with Gasteiger partial charge in [0.25, 0.3) is 5.91 Å². The fourth-order valence-electron chi connectivity index (χ4n) is 2.01. The molecular weight excluding hydrogens is 384 g/mol. The van der Waals surface area contributed by atoms with E-state index in [2.05, 4.69) is 38.4 Å². The van der Waals surface area contributed by atoms with Crippen molar-refractivity contribution < 1.29 is 14.3 Å². The second-order valence-corrected chi connectivity index (χ2v) is 5.94. The molecule has 0 radical (unpaired) electrons. The zero-order valence-corrected chi connectivity index (χ0v) is 15.4. The fourth-order valence-corrected chi connectivity index (χ4v) is 2.44. The Labute approximate surface area is 154 Å². The summed E-state index contributed by atoms with van der Waals surface area (Å²) in [6.07, 6.45) is 0. The van der Waals surface area contributed by atoms with Gasteiger partial charge in [-0.25, -0.2) is 0 Å². The van der Waals surface area contributed by atoms with Crippen molar-refractivity contribution >= 4 is 33.4 Å². The Kier molecular flexibility index (Phi) is 6.61. The first-order chi connectivity index (χ1) is 12.0. The Hall–Kier alpha value is -2.78. The van der Waals surface area contributed by atoms with Gasteiger partial charge in [-0.15, -0.1) is 0 Å². The summed E-state index contributed by atoms with van der Waals surface area (Å²) in [6.45, 7) is 1.67. The first-order valence-corrected chi connectivity index (χ1v) is 8.27. The molecule has 2 amide bonds. The van der Waals surface area contributed by atoms with Crippen LogP contribution in [0.4, 0.5) is 5.69 Å². The quantitative estimate of drug-likeness (QED) is 0.774. The maximum absolute atomic E-state index is 12.2. The Morgan fingerprint density at radius 2 is 1.88 bits per heavy atom. The molecule has 0 saturated carbocycles. The van der Waals surface area contributed by atoms with E-state index >= 15 is 0 Å². The number of carbonyl (C=O) groups is 2. The number of amides is 2. The van der Waals surface area contributed by atoms with Crippen LogP contribution in [-0.4, -0.2) is 25.5 Å². The first-order valence-electron chi connectivity index (χ1n) is 7.48. The van der Waals surface area contributed by atoms with Crippen molar-refractivity contribution in [3.63, 3.8) is 0 Å². The SMILES string of the molecule is COc1ccc(Br)c(C(=O)NCC#Cc2ccc(NC(C)=O)cc2)c1. The van der Waals surface area contributed by atoms with Gasteiger partial charge in [0.15, 0.2) is 0 Å². The third kappa shape index (κ3) is 5.66. The van der Waals surface area contributed by atoms with E-state index < -0.39 is 0 Å². The third-order valence-electron chi connectivity index (χ3n) is 3.19. The number of carbonyl (C=O) groups excluding carboxylic acids is 2. The van der Waals surface area contributed by atoms with Crippen molar-refractivity contribution in [3.05, 3.63) is 58.1 Å². The van der Waals surface area contributed by atoms with Crippen molar-refractivity contribution in [1.82, 2.24) is 5.32 Å². The van der Waals surface area contributed by atoms with Crippen LogP contribution in [0.2, 0.25) is 0 Å². The summed E-state index contributed by atoms with van der Waals surface area (Å²) in [5.41, 5.74) is 2.00. The highest BCUT2D eigenvalue weighted by Crippen LogP contribution is 2.22. The van der Waals surface area contributed by atoms with Crippen molar-refractivity contribution in [3.8, 4) is 17.6 Å². The molecule has 0 aliphatic rings. The summed E-state index contributed by atoms with van der Waals surface area (Å²) >= 11 is 3.35. The molecule has 2 aromatic rings. The minimum absolute atomic E-state index is 0.120. The second-order valence-electron chi connectivity index (χ2n) is 5.09. The molecule has 0 bridgehead atoms. The molecule has 2 rings (SSSR count). The van der Waals surface area contributed by atoms with Gasteiger partial charge in [0.05, 0.1) is 19.2 Å². The van der Waals surface area contributed by atoms with Crippen LogP contribution in [-0.2, 0) is 4.79 Å². The normalized spacial score (nSPS) is 9.56. The van der Waals surface area contributed by atoms with Gasteiger partial charge in [-0.2, -0.15) is 0 Å². The lowest BCUT2D eigenvalue weighted by Gasteiger charge is -2.06. The van der Waals surface area contributed by atoms with Crippen molar-refractivity contribution in [2.24, 2.45) is 0 Å². The van der Waals surface area contributed by atoms with Crippen LogP contribution in [0.5, 0.6) is 5.75 Å². The predicted octanol–water partition coefficient (Wildman–Crippen LogP) is 3.20. The van der Waals surface area contributed by atoms with E-state index in [0.29, 0.717) is 21.5 Å². The molecule has 0 spiro atoms. The molecule has 5 nitrogen and oxygen atoms in total.